The molecule has 0 spiro atoms. The van der Waals surface area contributed by atoms with Gasteiger partial charge in [0.15, 0.2) is 0 Å². The third kappa shape index (κ3) is 4.54. The molecule has 1 aliphatic rings. The summed E-state index contributed by atoms with van der Waals surface area (Å²) in [6.07, 6.45) is 0.843. The van der Waals surface area contributed by atoms with Gasteiger partial charge in [0, 0.05) is 16.4 Å². The molecule has 1 N–H and O–H groups in total. The number of fused-ring (bicyclic) bond motifs is 1. The molecule has 0 fully saturated rings. The van der Waals surface area contributed by atoms with Crippen molar-refractivity contribution in [3.63, 3.8) is 0 Å². The number of hydrogen-bond donors (Lipinski definition) is 1. The normalized spacial score (nSPS) is 16.5. The summed E-state index contributed by atoms with van der Waals surface area (Å²) < 4.78 is 13.5. The van der Waals surface area contributed by atoms with Gasteiger partial charge in [-0.25, -0.2) is 4.39 Å². The number of rotatable bonds is 5. The van der Waals surface area contributed by atoms with E-state index >= 15 is 0 Å². The van der Waals surface area contributed by atoms with Gasteiger partial charge in [-0.15, -0.1) is 23.5 Å². The molecular formula is C19H20FNOS2. The van der Waals surface area contributed by atoms with Crippen molar-refractivity contribution < 1.29 is 9.18 Å². The third-order valence-corrected chi connectivity index (χ3v) is 6.06. The van der Waals surface area contributed by atoms with Crippen LogP contribution in [0.25, 0.3) is 0 Å². The van der Waals surface area contributed by atoms with Crippen LogP contribution in [0.15, 0.2) is 47.4 Å². The van der Waals surface area contributed by atoms with Gasteiger partial charge in [0.1, 0.15) is 5.82 Å². The number of halogens is 1. The van der Waals surface area contributed by atoms with Crippen LogP contribution >= 0.6 is 23.5 Å². The molecule has 2 aromatic carbocycles. The molecule has 1 unspecified atom stereocenters. The summed E-state index contributed by atoms with van der Waals surface area (Å²) >= 11 is 3.33. The molecule has 2 aromatic rings. The lowest BCUT2D eigenvalue weighted by Gasteiger charge is -2.26. The van der Waals surface area contributed by atoms with Gasteiger partial charge in [0.25, 0.3) is 0 Å². The molecule has 1 amide bonds. The van der Waals surface area contributed by atoms with Gasteiger partial charge in [0.2, 0.25) is 5.91 Å². The maximum Gasteiger partial charge on any atom is 0.230 e. The van der Waals surface area contributed by atoms with Crippen molar-refractivity contribution in [3.05, 3.63) is 65.0 Å². The second-order valence-corrected chi connectivity index (χ2v) is 8.04. The van der Waals surface area contributed by atoms with E-state index < -0.39 is 0 Å². The second kappa shape index (κ2) is 8.08. The Kier molecular flexibility index (Phi) is 5.85. The van der Waals surface area contributed by atoms with Crippen LogP contribution < -0.4 is 5.32 Å². The number of thioether (sulfide) groups is 2. The highest BCUT2D eigenvalue weighted by Crippen LogP contribution is 2.36. The molecule has 0 aromatic heterocycles. The largest absolute Gasteiger partial charge is 0.349 e. The average Bonchev–Trinajstić information content (AvgIpc) is 2.55. The molecular weight excluding hydrogens is 341 g/mol. The first-order valence-corrected chi connectivity index (χ1v) is 10.1. The predicted octanol–water partition coefficient (Wildman–Crippen LogP) is 4.72. The first-order valence-electron chi connectivity index (χ1n) is 7.97. The molecule has 5 heteroatoms. The molecule has 1 aliphatic heterocycles. The van der Waals surface area contributed by atoms with E-state index in [-0.39, 0.29) is 17.8 Å². The van der Waals surface area contributed by atoms with Crippen LogP contribution in [-0.4, -0.2) is 17.4 Å². The minimum atomic E-state index is -0.246. The Labute approximate surface area is 150 Å². The molecule has 3 rings (SSSR count). The van der Waals surface area contributed by atoms with E-state index in [1.54, 1.807) is 35.7 Å². The van der Waals surface area contributed by atoms with E-state index in [0.717, 1.165) is 28.4 Å². The first kappa shape index (κ1) is 17.4. The number of aryl methyl sites for hydroxylation is 1. The van der Waals surface area contributed by atoms with Crippen molar-refractivity contribution in [1.82, 2.24) is 5.32 Å². The molecule has 0 radical (unpaired) electrons. The lowest BCUT2D eigenvalue weighted by Crippen LogP contribution is -2.32. The van der Waals surface area contributed by atoms with Crippen LogP contribution in [0.5, 0.6) is 0 Å². The zero-order valence-corrected chi connectivity index (χ0v) is 15.2. The molecule has 0 aliphatic carbocycles. The third-order valence-electron chi connectivity index (χ3n) is 3.93. The Morgan fingerprint density at radius 2 is 2.21 bits per heavy atom. The van der Waals surface area contributed by atoms with Crippen molar-refractivity contribution in [3.8, 4) is 0 Å². The Morgan fingerprint density at radius 3 is 3.04 bits per heavy atom. The predicted molar refractivity (Wildman–Crippen MR) is 100.0 cm³/mol. The second-order valence-electron chi connectivity index (χ2n) is 5.92. The van der Waals surface area contributed by atoms with Crippen molar-refractivity contribution in [2.45, 2.75) is 30.0 Å². The van der Waals surface area contributed by atoms with E-state index in [9.17, 15) is 9.18 Å². The Balaban J connectivity index is 1.53. The highest BCUT2D eigenvalue weighted by atomic mass is 32.2. The maximum absolute atomic E-state index is 13.5. The molecule has 126 valence electrons. The highest BCUT2D eigenvalue weighted by Gasteiger charge is 2.22. The van der Waals surface area contributed by atoms with Gasteiger partial charge in [0.05, 0.1) is 11.8 Å². The lowest BCUT2D eigenvalue weighted by molar-refractivity contribution is -0.119. The monoisotopic (exact) mass is 361 g/mol. The fraction of sp³-hybridized carbons (Fsp3) is 0.316. The van der Waals surface area contributed by atoms with Crippen LogP contribution in [0.1, 0.15) is 29.2 Å². The fourth-order valence-corrected chi connectivity index (χ4v) is 4.71. The molecule has 1 atom stereocenters. The van der Waals surface area contributed by atoms with Crippen LogP contribution in [0, 0.1) is 12.7 Å². The van der Waals surface area contributed by atoms with Crippen LogP contribution in [0.3, 0.4) is 0 Å². The van der Waals surface area contributed by atoms with E-state index in [2.05, 4.69) is 30.4 Å². The van der Waals surface area contributed by atoms with E-state index in [0.29, 0.717) is 5.75 Å². The summed E-state index contributed by atoms with van der Waals surface area (Å²) in [6.45, 7) is 2.07. The zero-order valence-electron chi connectivity index (χ0n) is 13.5. The van der Waals surface area contributed by atoms with Crippen LogP contribution in [0.2, 0.25) is 0 Å². The van der Waals surface area contributed by atoms with Gasteiger partial charge in [-0.1, -0.05) is 29.8 Å². The minimum absolute atomic E-state index is 0.0137. The summed E-state index contributed by atoms with van der Waals surface area (Å²) in [4.78, 5) is 13.3. The smallest absolute Gasteiger partial charge is 0.230 e. The lowest BCUT2D eigenvalue weighted by atomic mass is 10.0. The summed E-state index contributed by atoms with van der Waals surface area (Å²) in [7, 11) is 0. The summed E-state index contributed by atoms with van der Waals surface area (Å²) in [5.74, 6) is 1.95. The average molecular weight is 362 g/mol. The number of hydrogen-bond acceptors (Lipinski definition) is 3. The van der Waals surface area contributed by atoms with Gasteiger partial charge < -0.3 is 5.32 Å². The summed E-state index contributed by atoms with van der Waals surface area (Å²) in [5, 5.41) is 3.06. The van der Waals surface area contributed by atoms with Crippen LogP contribution in [0.4, 0.5) is 4.39 Å². The standard InChI is InChI=1S/C19H20FNOS2/c1-13-3-2-4-14(9-13)11-23-12-19(22)21-17-7-8-24-18-6-5-15(20)10-16(17)18/h2-6,9-10,17H,7-8,11-12H2,1H3,(H,21,22). The Hall–Kier alpha value is -1.46. The molecule has 24 heavy (non-hydrogen) atoms. The van der Waals surface area contributed by atoms with Crippen molar-refractivity contribution in [1.29, 1.82) is 0 Å². The number of benzene rings is 2. The maximum atomic E-state index is 13.5. The van der Waals surface area contributed by atoms with Crippen molar-refractivity contribution in [2.75, 3.05) is 11.5 Å². The van der Waals surface area contributed by atoms with Crippen LogP contribution in [-0.2, 0) is 10.5 Å². The zero-order chi connectivity index (χ0) is 16.9. The number of carbonyl (C=O) groups excluding carboxylic acids is 1. The van der Waals surface area contributed by atoms with E-state index in [4.69, 9.17) is 0 Å². The van der Waals surface area contributed by atoms with Gasteiger partial charge in [-0.2, -0.15) is 0 Å². The minimum Gasteiger partial charge on any atom is -0.349 e. The fourth-order valence-electron chi connectivity index (χ4n) is 2.81. The van der Waals surface area contributed by atoms with Gasteiger partial charge in [-0.3, -0.25) is 4.79 Å². The van der Waals surface area contributed by atoms with Crippen molar-refractivity contribution in [2.24, 2.45) is 0 Å². The Bertz CT molecular complexity index is 735. The first-order chi connectivity index (χ1) is 11.6. The number of nitrogens with one attached hydrogen (secondary N) is 1. The molecule has 2 nitrogen and oxygen atoms in total. The molecule has 0 saturated heterocycles. The van der Waals surface area contributed by atoms with E-state index in [1.807, 2.05) is 6.07 Å². The Morgan fingerprint density at radius 1 is 1.33 bits per heavy atom. The van der Waals surface area contributed by atoms with Crippen molar-refractivity contribution >= 4 is 29.4 Å². The highest BCUT2D eigenvalue weighted by molar-refractivity contribution is 7.99. The quantitative estimate of drug-likeness (QED) is 0.835. The number of carbonyl (C=O) groups is 1. The van der Waals surface area contributed by atoms with E-state index in [1.165, 1.54) is 17.2 Å². The number of amides is 1. The summed E-state index contributed by atoms with van der Waals surface area (Å²) in [6, 6.07) is 13.1. The summed E-state index contributed by atoms with van der Waals surface area (Å²) in [5.41, 5.74) is 3.37. The topological polar surface area (TPSA) is 29.1 Å². The van der Waals surface area contributed by atoms with Gasteiger partial charge in [-0.05, 0) is 42.7 Å². The van der Waals surface area contributed by atoms with Gasteiger partial charge >= 0.3 is 0 Å². The SMILES string of the molecule is Cc1cccc(CSCC(=O)NC2CCSc3ccc(F)cc32)c1. The molecule has 0 bridgehead atoms. The molecule has 1 heterocycles. The molecule has 0 saturated carbocycles.